The van der Waals surface area contributed by atoms with Crippen LogP contribution in [-0.2, 0) is 0 Å². The van der Waals surface area contributed by atoms with Gasteiger partial charge in [0, 0.05) is 12.4 Å². The second-order valence-corrected chi connectivity index (χ2v) is 2.68. The Hall–Kier alpha value is -2.58. The van der Waals surface area contributed by atoms with Crippen LogP contribution in [0.25, 0.3) is 0 Å². The number of rotatable bonds is 0. The van der Waals surface area contributed by atoms with Crippen LogP contribution in [0.4, 0.5) is 13.2 Å². The molecule has 18 heavy (non-hydrogen) atoms. The first-order valence-electron chi connectivity index (χ1n) is 4.61. The number of imidazole rings is 3. The number of hydrogen-bond donors (Lipinski definition) is 3. The third kappa shape index (κ3) is 6.10. The molecule has 0 aliphatic carbocycles. The number of halogens is 3. The fraction of sp³-hybridized carbons (Fsp3) is 0. The highest BCUT2D eigenvalue weighted by molar-refractivity contribution is 4.71. The topological polar surface area (TPSA) is 86.0 Å². The van der Waals surface area contributed by atoms with Crippen LogP contribution in [0.1, 0.15) is 0 Å². The van der Waals surface area contributed by atoms with Crippen LogP contribution < -0.4 is 0 Å². The van der Waals surface area contributed by atoms with Crippen molar-refractivity contribution < 1.29 is 13.2 Å². The van der Waals surface area contributed by atoms with Crippen molar-refractivity contribution in [2.24, 2.45) is 0 Å². The van der Waals surface area contributed by atoms with E-state index in [9.17, 15) is 13.2 Å². The molecule has 3 N–H and O–H groups in total. The lowest BCUT2D eigenvalue weighted by Gasteiger charge is -1.63. The SMILES string of the molecule is Fc1cnc[nH]1.Fc1cnc[nH]1.Fc1ncc[nH]1. The Morgan fingerprint density at radius 1 is 0.833 bits per heavy atom. The first-order chi connectivity index (χ1) is 8.68. The highest BCUT2D eigenvalue weighted by Gasteiger charge is 1.80. The van der Waals surface area contributed by atoms with Gasteiger partial charge in [-0.1, -0.05) is 0 Å². The monoisotopic (exact) mass is 258 g/mol. The zero-order valence-electron chi connectivity index (χ0n) is 8.94. The third-order valence-electron chi connectivity index (χ3n) is 1.39. The van der Waals surface area contributed by atoms with Gasteiger partial charge < -0.3 is 15.0 Å². The fourth-order valence-corrected chi connectivity index (χ4v) is 0.724. The van der Waals surface area contributed by atoms with Gasteiger partial charge in [0.25, 0.3) is 6.08 Å². The van der Waals surface area contributed by atoms with Crippen molar-refractivity contribution in [2.45, 2.75) is 0 Å². The molecule has 6 nitrogen and oxygen atoms in total. The van der Waals surface area contributed by atoms with E-state index >= 15 is 0 Å². The predicted octanol–water partition coefficient (Wildman–Crippen LogP) is 1.65. The van der Waals surface area contributed by atoms with Crippen LogP contribution in [-0.4, -0.2) is 29.9 Å². The van der Waals surface area contributed by atoms with Gasteiger partial charge in [0.05, 0.1) is 25.0 Å². The molecule has 0 radical (unpaired) electrons. The first kappa shape index (κ1) is 13.5. The van der Waals surface area contributed by atoms with Gasteiger partial charge in [0.1, 0.15) is 0 Å². The molecule has 0 bridgehead atoms. The van der Waals surface area contributed by atoms with E-state index in [4.69, 9.17) is 0 Å². The molecule has 0 aliphatic rings. The van der Waals surface area contributed by atoms with Gasteiger partial charge in [-0.3, -0.25) is 0 Å². The fourth-order valence-electron chi connectivity index (χ4n) is 0.724. The zero-order chi connectivity index (χ0) is 13.2. The number of H-pyrrole nitrogens is 3. The van der Waals surface area contributed by atoms with Gasteiger partial charge in [0.15, 0.2) is 0 Å². The highest BCUT2D eigenvalue weighted by atomic mass is 19.1. The van der Waals surface area contributed by atoms with E-state index < -0.39 is 18.0 Å². The maximum absolute atomic E-state index is 11.5. The molecule has 0 spiro atoms. The van der Waals surface area contributed by atoms with Crippen LogP contribution in [0.2, 0.25) is 0 Å². The van der Waals surface area contributed by atoms with Crippen LogP contribution >= 0.6 is 0 Å². The van der Waals surface area contributed by atoms with Crippen molar-refractivity contribution in [1.29, 1.82) is 0 Å². The van der Waals surface area contributed by atoms with E-state index in [-0.39, 0.29) is 0 Å². The first-order valence-corrected chi connectivity index (χ1v) is 4.61. The van der Waals surface area contributed by atoms with Gasteiger partial charge in [-0.25, -0.2) is 15.0 Å². The van der Waals surface area contributed by atoms with E-state index in [1.165, 1.54) is 25.0 Å². The van der Waals surface area contributed by atoms with E-state index in [1.807, 2.05) is 0 Å². The number of aromatic amines is 3. The highest BCUT2D eigenvalue weighted by Crippen LogP contribution is 1.82. The van der Waals surface area contributed by atoms with Crippen molar-refractivity contribution in [1.82, 2.24) is 29.9 Å². The van der Waals surface area contributed by atoms with Gasteiger partial charge in [0.2, 0.25) is 11.9 Å². The lowest BCUT2D eigenvalue weighted by atomic mass is 10.9. The Bertz CT molecular complexity index is 414. The molecule has 0 saturated heterocycles. The minimum Gasteiger partial charge on any atom is -0.322 e. The molecule has 0 aromatic carbocycles. The van der Waals surface area contributed by atoms with Crippen LogP contribution in [0.5, 0.6) is 0 Å². The summed E-state index contributed by atoms with van der Waals surface area (Å²) in [5.41, 5.74) is 0. The summed E-state index contributed by atoms with van der Waals surface area (Å²) in [7, 11) is 0. The second-order valence-electron chi connectivity index (χ2n) is 2.68. The van der Waals surface area contributed by atoms with Crippen LogP contribution in [0.3, 0.4) is 0 Å². The lowest BCUT2D eigenvalue weighted by molar-refractivity contribution is 0.552. The summed E-state index contributed by atoms with van der Waals surface area (Å²) in [5, 5.41) is 0. The molecule has 0 atom stereocenters. The number of nitrogens with zero attached hydrogens (tertiary/aromatic N) is 3. The van der Waals surface area contributed by atoms with E-state index in [0.717, 1.165) is 12.4 Å². The molecule has 9 heteroatoms. The Labute approximate surface area is 99.3 Å². The summed E-state index contributed by atoms with van der Waals surface area (Å²) in [4.78, 5) is 16.6. The quantitative estimate of drug-likeness (QED) is 0.573. The second kappa shape index (κ2) is 7.65. The molecule has 96 valence electrons. The third-order valence-corrected chi connectivity index (χ3v) is 1.39. The lowest BCUT2D eigenvalue weighted by Crippen LogP contribution is -1.68. The summed E-state index contributed by atoms with van der Waals surface area (Å²) in [6.45, 7) is 0. The van der Waals surface area contributed by atoms with Gasteiger partial charge in [-0.2, -0.15) is 13.2 Å². The van der Waals surface area contributed by atoms with Gasteiger partial charge >= 0.3 is 0 Å². The number of hydrogen-bond acceptors (Lipinski definition) is 3. The number of nitrogens with one attached hydrogen (secondary N) is 3. The Morgan fingerprint density at radius 3 is 1.50 bits per heavy atom. The summed E-state index contributed by atoms with van der Waals surface area (Å²) in [6, 6.07) is 0. The Balaban J connectivity index is 0.000000135. The van der Waals surface area contributed by atoms with Crippen molar-refractivity contribution in [3.63, 3.8) is 0 Å². The van der Waals surface area contributed by atoms with Gasteiger partial charge in [-0.05, 0) is 0 Å². The molecule has 0 fully saturated rings. The van der Waals surface area contributed by atoms with Crippen molar-refractivity contribution in [3.05, 3.63) is 55.4 Å². The minimum atomic E-state index is -0.532. The molecule has 0 unspecified atom stereocenters. The standard InChI is InChI=1S/3C3H3FN2/c2*4-3-1-5-2-6-3;4-3-5-1-2-6-3/h3*1-2H,(H,5,6). The summed E-state index contributed by atoms with van der Waals surface area (Å²) < 4.78 is 34.6. The molecule has 0 aliphatic heterocycles. The maximum atomic E-state index is 11.5. The van der Waals surface area contributed by atoms with Crippen molar-refractivity contribution in [3.8, 4) is 0 Å². The average molecular weight is 258 g/mol. The minimum absolute atomic E-state index is 0.394. The summed E-state index contributed by atoms with van der Waals surface area (Å²) in [6.07, 6.45) is 7.05. The molecule has 3 heterocycles. The van der Waals surface area contributed by atoms with Crippen LogP contribution in [0, 0.1) is 18.0 Å². The molecule has 3 rings (SSSR count). The van der Waals surface area contributed by atoms with Crippen molar-refractivity contribution in [2.75, 3.05) is 0 Å². The zero-order valence-corrected chi connectivity index (χ0v) is 8.94. The molecular formula is C9H9F3N6. The normalized spacial score (nSPS) is 8.83. The summed E-state index contributed by atoms with van der Waals surface area (Å²) in [5.74, 6) is -0.787. The van der Waals surface area contributed by atoms with E-state index in [0.29, 0.717) is 0 Å². The molecule has 3 aromatic heterocycles. The van der Waals surface area contributed by atoms with E-state index in [2.05, 4.69) is 29.9 Å². The Kier molecular flexibility index (Phi) is 5.73. The maximum Gasteiger partial charge on any atom is 0.286 e. The smallest absolute Gasteiger partial charge is 0.286 e. The largest absolute Gasteiger partial charge is 0.322 e. The molecule has 3 aromatic rings. The van der Waals surface area contributed by atoms with Crippen molar-refractivity contribution >= 4 is 0 Å². The summed E-state index contributed by atoms with van der Waals surface area (Å²) >= 11 is 0. The molecule has 0 saturated carbocycles. The number of aromatic nitrogens is 6. The predicted molar refractivity (Wildman–Crippen MR) is 55.6 cm³/mol. The van der Waals surface area contributed by atoms with Crippen LogP contribution in [0.15, 0.2) is 37.4 Å². The van der Waals surface area contributed by atoms with E-state index in [1.54, 1.807) is 0 Å². The van der Waals surface area contributed by atoms with Gasteiger partial charge in [-0.15, -0.1) is 0 Å². The molecular weight excluding hydrogens is 249 g/mol. The Morgan fingerprint density at radius 2 is 1.39 bits per heavy atom. The average Bonchev–Trinajstić information content (AvgIpc) is 3.05. The molecule has 0 amide bonds.